The Kier molecular flexibility index (Phi) is 4.31. The molecule has 0 aliphatic heterocycles. The summed E-state index contributed by atoms with van der Waals surface area (Å²) in [5.74, 6) is -1.89. The number of carbonyl (C=O) groups excluding carboxylic acids is 1. The highest BCUT2D eigenvalue weighted by Gasteiger charge is 2.31. The molecular weight excluding hydrogens is 292 g/mol. The minimum absolute atomic E-state index is 0.0819. The van der Waals surface area contributed by atoms with Gasteiger partial charge in [-0.3, -0.25) is 4.79 Å². The summed E-state index contributed by atoms with van der Waals surface area (Å²) in [6, 6.07) is 0. The van der Waals surface area contributed by atoms with Crippen LogP contribution in [0.15, 0.2) is 0 Å². The molecule has 1 aromatic rings. The molecule has 106 valence electrons. The molecule has 1 aromatic heterocycles. The lowest BCUT2D eigenvalue weighted by molar-refractivity contribution is -0.117. The van der Waals surface area contributed by atoms with Crippen molar-refractivity contribution < 1.29 is 23.1 Å². The molecule has 0 saturated carbocycles. The second-order valence-electron chi connectivity index (χ2n) is 4.12. The first-order valence-electron chi connectivity index (χ1n) is 5.23. The number of carboxylic acids is 1. The first kappa shape index (κ1) is 15.6. The molecule has 0 bridgehead atoms. The normalized spacial score (nSPS) is 13.1. The maximum atomic E-state index is 12.0. The molecule has 1 N–H and O–H groups in total. The number of rotatable bonds is 4. The zero-order valence-corrected chi connectivity index (χ0v) is 12.5. The predicted molar refractivity (Wildman–Crippen MR) is 71.5 cm³/mol. The number of nitrogens with zero attached hydrogens (tertiary/aromatic N) is 2. The highest BCUT2D eigenvalue weighted by atomic mass is 32.2. The van der Waals surface area contributed by atoms with Gasteiger partial charge < -0.3 is 10.0 Å². The maximum Gasteiger partial charge on any atom is 0.340 e. The average Bonchev–Trinajstić information content (AvgIpc) is 2.66. The SMILES string of the molecule is Cc1nsc(N(C)C(=O)C(C)S(C)(=O)=O)c1C(=O)O. The number of amides is 1. The molecule has 1 unspecified atom stereocenters. The van der Waals surface area contributed by atoms with Crippen LogP contribution in [0.25, 0.3) is 0 Å². The van der Waals surface area contributed by atoms with E-state index >= 15 is 0 Å². The second kappa shape index (κ2) is 5.25. The molecule has 0 fully saturated rings. The Hall–Kier alpha value is -1.48. The van der Waals surface area contributed by atoms with Gasteiger partial charge in [0.05, 0.1) is 5.69 Å². The van der Waals surface area contributed by atoms with E-state index in [2.05, 4.69) is 4.37 Å². The number of hydrogen-bond donors (Lipinski definition) is 1. The standard InChI is InChI=1S/C10H14N2O5S2/c1-5-7(10(14)15)9(18-11-5)12(3)8(13)6(2)19(4,16)17/h6H,1-4H3,(H,14,15). The van der Waals surface area contributed by atoms with Crippen LogP contribution in [0.1, 0.15) is 23.0 Å². The second-order valence-corrected chi connectivity index (χ2v) is 7.24. The monoisotopic (exact) mass is 306 g/mol. The van der Waals surface area contributed by atoms with Crippen molar-refractivity contribution in [3.05, 3.63) is 11.3 Å². The molecule has 7 nitrogen and oxygen atoms in total. The van der Waals surface area contributed by atoms with Gasteiger partial charge in [0.15, 0.2) is 9.84 Å². The zero-order valence-electron chi connectivity index (χ0n) is 10.9. The van der Waals surface area contributed by atoms with Gasteiger partial charge >= 0.3 is 5.97 Å². The largest absolute Gasteiger partial charge is 0.478 e. The first-order chi connectivity index (χ1) is 8.57. The molecule has 0 radical (unpaired) electrons. The number of anilines is 1. The Morgan fingerprint density at radius 3 is 2.37 bits per heavy atom. The molecule has 0 aliphatic carbocycles. The van der Waals surface area contributed by atoms with Gasteiger partial charge in [0.1, 0.15) is 15.8 Å². The van der Waals surface area contributed by atoms with Crippen molar-refractivity contribution in [1.29, 1.82) is 0 Å². The van der Waals surface area contributed by atoms with E-state index in [9.17, 15) is 18.0 Å². The highest BCUT2D eigenvalue weighted by Crippen LogP contribution is 2.28. The Labute approximate surface area is 114 Å². The van der Waals surface area contributed by atoms with Gasteiger partial charge in [-0.1, -0.05) is 0 Å². The lowest BCUT2D eigenvalue weighted by Gasteiger charge is -2.19. The van der Waals surface area contributed by atoms with Crippen molar-refractivity contribution in [3.63, 3.8) is 0 Å². The van der Waals surface area contributed by atoms with Crippen LogP contribution >= 0.6 is 11.5 Å². The lowest BCUT2D eigenvalue weighted by Crippen LogP contribution is -2.39. The summed E-state index contributed by atoms with van der Waals surface area (Å²) in [5, 5.41) is 7.97. The van der Waals surface area contributed by atoms with Crippen molar-refractivity contribution in [2.45, 2.75) is 19.1 Å². The average molecular weight is 306 g/mol. The molecule has 1 atom stereocenters. The van der Waals surface area contributed by atoms with Crippen LogP contribution in [0.3, 0.4) is 0 Å². The number of aromatic carboxylic acids is 1. The quantitative estimate of drug-likeness (QED) is 0.870. The summed E-state index contributed by atoms with van der Waals surface area (Å²) in [6.07, 6.45) is 0.958. The molecule has 1 heterocycles. The molecule has 0 aromatic carbocycles. The topological polar surface area (TPSA) is 105 Å². The Morgan fingerprint density at radius 1 is 1.42 bits per heavy atom. The van der Waals surface area contributed by atoms with Crippen LogP contribution in [-0.4, -0.2) is 48.3 Å². The molecular formula is C10H14N2O5S2. The summed E-state index contributed by atoms with van der Waals surface area (Å²) in [6.45, 7) is 2.78. The number of aromatic nitrogens is 1. The third-order valence-electron chi connectivity index (χ3n) is 2.68. The minimum Gasteiger partial charge on any atom is -0.478 e. The fourth-order valence-corrected chi connectivity index (χ4v) is 2.77. The van der Waals surface area contributed by atoms with Crippen LogP contribution in [-0.2, 0) is 14.6 Å². The summed E-state index contributed by atoms with van der Waals surface area (Å²) in [7, 11) is -2.20. The minimum atomic E-state index is -3.54. The van der Waals surface area contributed by atoms with Gasteiger partial charge in [0.2, 0.25) is 5.91 Å². The van der Waals surface area contributed by atoms with E-state index in [1.165, 1.54) is 20.9 Å². The van der Waals surface area contributed by atoms with Crippen LogP contribution < -0.4 is 4.90 Å². The third-order valence-corrected chi connectivity index (χ3v) is 5.19. The predicted octanol–water partition coefficient (Wildman–Crippen LogP) is 0.546. The Balaban J connectivity index is 3.18. The number of carbonyl (C=O) groups is 2. The van der Waals surface area contributed by atoms with Crippen LogP contribution in [0.5, 0.6) is 0 Å². The maximum absolute atomic E-state index is 12.0. The Bertz CT molecular complexity index is 620. The van der Waals surface area contributed by atoms with E-state index < -0.39 is 27.0 Å². The van der Waals surface area contributed by atoms with Gasteiger partial charge in [-0.2, -0.15) is 4.37 Å². The van der Waals surface area contributed by atoms with E-state index in [1.54, 1.807) is 0 Å². The van der Waals surface area contributed by atoms with Crippen molar-refractivity contribution in [1.82, 2.24) is 4.37 Å². The van der Waals surface area contributed by atoms with Crippen LogP contribution in [0, 0.1) is 6.92 Å². The molecule has 1 rings (SSSR count). The smallest absolute Gasteiger partial charge is 0.340 e. The van der Waals surface area contributed by atoms with Crippen molar-refractivity contribution in [3.8, 4) is 0 Å². The highest BCUT2D eigenvalue weighted by molar-refractivity contribution is 7.92. The first-order valence-corrected chi connectivity index (χ1v) is 7.96. The molecule has 9 heteroatoms. The molecule has 0 saturated heterocycles. The number of carboxylic acid groups (broad SMARTS) is 1. The van der Waals surface area contributed by atoms with Crippen LogP contribution in [0.4, 0.5) is 5.00 Å². The fraction of sp³-hybridized carbons (Fsp3) is 0.500. The fourth-order valence-electron chi connectivity index (χ4n) is 1.39. The van der Waals surface area contributed by atoms with E-state index in [4.69, 9.17) is 5.11 Å². The number of sulfone groups is 1. The molecule has 0 aliphatic rings. The number of aryl methyl sites for hydroxylation is 1. The van der Waals surface area contributed by atoms with E-state index in [0.717, 1.165) is 22.7 Å². The van der Waals surface area contributed by atoms with Gasteiger partial charge in [0.25, 0.3) is 0 Å². The summed E-state index contributed by atoms with van der Waals surface area (Å²) in [4.78, 5) is 24.1. The van der Waals surface area contributed by atoms with Gasteiger partial charge in [-0.15, -0.1) is 0 Å². The third kappa shape index (κ3) is 3.10. The zero-order chi connectivity index (χ0) is 15.0. The lowest BCUT2D eigenvalue weighted by atomic mass is 10.2. The molecule has 0 spiro atoms. The van der Waals surface area contributed by atoms with E-state index in [-0.39, 0.29) is 10.6 Å². The summed E-state index contributed by atoms with van der Waals surface area (Å²) in [5.41, 5.74) is 0.209. The van der Waals surface area contributed by atoms with Gasteiger partial charge in [0, 0.05) is 13.3 Å². The number of hydrogen-bond acceptors (Lipinski definition) is 6. The van der Waals surface area contributed by atoms with E-state index in [1.807, 2.05) is 0 Å². The van der Waals surface area contributed by atoms with Gasteiger partial charge in [-0.25, -0.2) is 13.2 Å². The molecule has 1 amide bonds. The molecule has 19 heavy (non-hydrogen) atoms. The van der Waals surface area contributed by atoms with Crippen molar-refractivity contribution in [2.75, 3.05) is 18.2 Å². The summed E-state index contributed by atoms with van der Waals surface area (Å²) >= 11 is 0.848. The Morgan fingerprint density at radius 2 is 1.95 bits per heavy atom. The van der Waals surface area contributed by atoms with E-state index in [0.29, 0.717) is 5.69 Å². The van der Waals surface area contributed by atoms with Crippen molar-refractivity contribution in [2.24, 2.45) is 0 Å². The van der Waals surface area contributed by atoms with Crippen LogP contribution in [0.2, 0.25) is 0 Å². The summed E-state index contributed by atoms with van der Waals surface area (Å²) < 4.78 is 26.6. The van der Waals surface area contributed by atoms with Gasteiger partial charge in [-0.05, 0) is 25.4 Å². The van der Waals surface area contributed by atoms with Crippen molar-refractivity contribution >= 4 is 38.2 Å².